The van der Waals surface area contributed by atoms with Gasteiger partial charge in [0.15, 0.2) is 0 Å². The van der Waals surface area contributed by atoms with Gasteiger partial charge in [0, 0.05) is 10.9 Å². The van der Waals surface area contributed by atoms with Gasteiger partial charge in [-0.05, 0) is 49.2 Å². The number of benzene rings is 2. The lowest BCUT2D eigenvalue weighted by atomic mass is 10.1. The van der Waals surface area contributed by atoms with Gasteiger partial charge in [0.05, 0.1) is 24.8 Å². The van der Waals surface area contributed by atoms with Crippen LogP contribution in [-0.2, 0) is 0 Å². The van der Waals surface area contributed by atoms with Gasteiger partial charge in [-0.15, -0.1) is 11.3 Å². The lowest BCUT2D eigenvalue weighted by molar-refractivity contribution is 0.340. The number of ether oxygens (including phenoxy) is 2. The highest BCUT2D eigenvalue weighted by atomic mass is 32.1. The molecule has 4 rings (SSSR count). The minimum absolute atomic E-state index is 0.654. The van der Waals surface area contributed by atoms with Crippen molar-refractivity contribution in [3.05, 3.63) is 59.7 Å². The Labute approximate surface area is 168 Å². The number of rotatable bonds is 6. The molecule has 2 aromatic carbocycles. The van der Waals surface area contributed by atoms with Gasteiger partial charge in [0.25, 0.3) is 0 Å². The second-order valence-corrected chi connectivity index (χ2v) is 7.20. The molecule has 0 aliphatic heterocycles. The molecule has 0 spiro atoms. The Balaban J connectivity index is 1.78. The minimum atomic E-state index is 0.654. The first-order chi connectivity index (χ1) is 13.7. The Kier molecular flexibility index (Phi) is 5.12. The standard InChI is InChI=1S/C22H21N3O2S/c1-4-27-16-8-6-15(7-9-16)17-12-28-22-20(17)21(23-13-24-22)25-18-11-14(2)5-10-19(18)26-3/h5-13H,4H2,1-3H3,(H,23,24,25). The molecule has 0 saturated carbocycles. The first-order valence-corrected chi connectivity index (χ1v) is 9.94. The summed E-state index contributed by atoms with van der Waals surface area (Å²) < 4.78 is 11.1. The van der Waals surface area contributed by atoms with Crippen LogP contribution in [0, 0.1) is 6.92 Å². The molecule has 0 amide bonds. The molecular formula is C22H21N3O2S. The van der Waals surface area contributed by atoms with Crippen molar-refractivity contribution in [1.29, 1.82) is 0 Å². The summed E-state index contributed by atoms with van der Waals surface area (Å²) >= 11 is 1.61. The molecule has 5 nitrogen and oxygen atoms in total. The van der Waals surface area contributed by atoms with E-state index in [0.29, 0.717) is 6.61 Å². The quantitative estimate of drug-likeness (QED) is 0.449. The van der Waals surface area contributed by atoms with Gasteiger partial charge >= 0.3 is 0 Å². The van der Waals surface area contributed by atoms with E-state index in [2.05, 4.69) is 45.8 Å². The minimum Gasteiger partial charge on any atom is -0.495 e. The van der Waals surface area contributed by atoms with Crippen LogP contribution in [0.1, 0.15) is 12.5 Å². The zero-order chi connectivity index (χ0) is 19.5. The Morgan fingerprint density at radius 2 is 1.89 bits per heavy atom. The summed E-state index contributed by atoms with van der Waals surface area (Å²) in [6, 6.07) is 14.1. The molecule has 6 heteroatoms. The van der Waals surface area contributed by atoms with Crippen molar-refractivity contribution in [3.63, 3.8) is 0 Å². The Hall–Kier alpha value is -3.12. The third kappa shape index (κ3) is 3.51. The van der Waals surface area contributed by atoms with Crippen molar-refractivity contribution in [1.82, 2.24) is 9.97 Å². The number of nitrogens with zero attached hydrogens (tertiary/aromatic N) is 2. The van der Waals surface area contributed by atoms with Crippen LogP contribution >= 0.6 is 11.3 Å². The summed E-state index contributed by atoms with van der Waals surface area (Å²) in [6.45, 7) is 4.69. The van der Waals surface area contributed by atoms with Crippen LogP contribution in [-0.4, -0.2) is 23.7 Å². The molecule has 0 atom stereocenters. The molecule has 0 fully saturated rings. The van der Waals surface area contributed by atoms with E-state index in [4.69, 9.17) is 9.47 Å². The van der Waals surface area contributed by atoms with E-state index in [1.807, 2.05) is 31.2 Å². The van der Waals surface area contributed by atoms with Crippen molar-refractivity contribution in [2.45, 2.75) is 13.8 Å². The highest BCUT2D eigenvalue weighted by Crippen LogP contribution is 2.39. The van der Waals surface area contributed by atoms with Gasteiger partial charge in [-0.2, -0.15) is 0 Å². The number of hydrogen-bond acceptors (Lipinski definition) is 6. The fraction of sp³-hybridized carbons (Fsp3) is 0.182. The highest BCUT2D eigenvalue weighted by molar-refractivity contribution is 7.17. The first kappa shape index (κ1) is 18.3. The van der Waals surface area contributed by atoms with Crippen molar-refractivity contribution >= 4 is 33.1 Å². The van der Waals surface area contributed by atoms with Gasteiger partial charge in [-0.3, -0.25) is 0 Å². The SMILES string of the molecule is CCOc1ccc(-c2csc3ncnc(Nc4cc(C)ccc4OC)c23)cc1. The maximum atomic E-state index is 5.56. The monoisotopic (exact) mass is 391 g/mol. The number of anilines is 2. The molecule has 0 unspecified atom stereocenters. The summed E-state index contributed by atoms with van der Waals surface area (Å²) in [6.07, 6.45) is 1.59. The van der Waals surface area contributed by atoms with Crippen molar-refractivity contribution < 1.29 is 9.47 Å². The molecule has 0 saturated heterocycles. The molecule has 1 N–H and O–H groups in total. The molecule has 142 valence electrons. The number of hydrogen-bond donors (Lipinski definition) is 1. The zero-order valence-electron chi connectivity index (χ0n) is 16.0. The average Bonchev–Trinajstić information content (AvgIpc) is 3.14. The largest absolute Gasteiger partial charge is 0.495 e. The molecule has 2 aromatic heterocycles. The van der Waals surface area contributed by atoms with Gasteiger partial charge in [0.2, 0.25) is 0 Å². The molecular weight excluding hydrogens is 370 g/mol. The maximum absolute atomic E-state index is 5.56. The van der Waals surface area contributed by atoms with E-state index < -0.39 is 0 Å². The normalized spacial score (nSPS) is 10.8. The average molecular weight is 391 g/mol. The van der Waals surface area contributed by atoms with Crippen LogP contribution in [0.5, 0.6) is 11.5 Å². The van der Waals surface area contributed by atoms with Crippen LogP contribution in [0.4, 0.5) is 11.5 Å². The zero-order valence-corrected chi connectivity index (χ0v) is 16.8. The number of fused-ring (bicyclic) bond motifs is 1. The second kappa shape index (κ2) is 7.86. The van der Waals surface area contributed by atoms with Crippen LogP contribution in [0.2, 0.25) is 0 Å². The van der Waals surface area contributed by atoms with Crippen molar-refractivity contribution in [2.75, 3.05) is 19.0 Å². The van der Waals surface area contributed by atoms with Crippen LogP contribution in [0.15, 0.2) is 54.2 Å². The third-order valence-electron chi connectivity index (χ3n) is 4.45. The van der Waals surface area contributed by atoms with E-state index in [1.54, 1.807) is 24.8 Å². The smallest absolute Gasteiger partial charge is 0.143 e. The molecule has 0 radical (unpaired) electrons. The predicted molar refractivity (Wildman–Crippen MR) is 115 cm³/mol. The van der Waals surface area contributed by atoms with E-state index in [9.17, 15) is 0 Å². The van der Waals surface area contributed by atoms with Crippen molar-refractivity contribution in [2.24, 2.45) is 0 Å². The van der Waals surface area contributed by atoms with E-state index in [0.717, 1.165) is 49.9 Å². The summed E-state index contributed by atoms with van der Waals surface area (Å²) in [7, 11) is 1.67. The molecule has 0 aliphatic rings. The molecule has 28 heavy (non-hydrogen) atoms. The van der Waals surface area contributed by atoms with Crippen LogP contribution < -0.4 is 14.8 Å². The highest BCUT2D eigenvalue weighted by Gasteiger charge is 2.15. The first-order valence-electron chi connectivity index (χ1n) is 9.06. The van der Waals surface area contributed by atoms with Crippen LogP contribution in [0.3, 0.4) is 0 Å². The molecule has 2 heterocycles. The summed E-state index contributed by atoms with van der Waals surface area (Å²) in [5, 5.41) is 6.56. The topological polar surface area (TPSA) is 56.3 Å². The number of thiophene rings is 1. The number of nitrogens with one attached hydrogen (secondary N) is 1. The number of aryl methyl sites for hydroxylation is 1. The van der Waals surface area contributed by atoms with Crippen LogP contribution in [0.25, 0.3) is 21.3 Å². The molecule has 0 aliphatic carbocycles. The fourth-order valence-corrected chi connectivity index (χ4v) is 4.04. The van der Waals surface area contributed by atoms with Gasteiger partial charge in [-0.25, -0.2) is 9.97 Å². The second-order valence-electron chi connectivity index (χ2n) is 6.34. The molecule has 0 bridgehead atoms. The summed E-state index contributed by atoms with van der Waals surface area (Å²) in [5.74, 6) is 2.40. The Morgan fingerprint density at radius 3 is 2.64 bits per heavy atom. The van der Waals surface area contributed by atoms with Gasteiger partial charge in [0.1, 0.15) is 28.5 Å². The van der Waals surface area contributed by atoms with E-state index >= 15 is 0 Å². The summed E-state index contributed by atoms with van der Waals surface area (Å²) in [4.78, 5) is 9.90. The van der Waals surface area contributed by atoms with E-state index in [-0.39, 0.29) is 0 Å². The lowest BCUT2D eigenvalue weighted by Crippen LogP contribution is -1.98. The summed E-state index contributed by atoms with van der Waals surface area (Å²) in [5.41, 5.74) is 4.22. The van der Waals surface area contributed by atoms with E-state index in [1.165, 1.54) is 0 Å². The van der Waals surface area contributed by atoms with Crippen molar-refractivity contribution in [3.8, 4) is 22.6 Å². The lowest BCUT2D eigenvalue weighted by Gasteiger charge is -2.13. The fourth-order valence-electron chi connectivity index (χ4n) is 3.13. The Bertz CT molecular complexity index is 1110. The molecule has 4 aromatic rings. The van der Waals surface area contributed by atoms with Gasteiger partial charge in [-0.1, -0.05) is 18.2 Å². The third-order valence-corrected chi connectivity index (χ3v) is 5.34. The number of methoxy groups -OCH3 is 1. The maximum Gasteiger partial charge on any atom is 0.143 e. The predicted octanol–water partition coefficient (Wildman–Crippen LogP) is 5.82. The van der Waals surface area contributed by atoms with Gasteiger partial charge < -0.3 is 14.8 Å². The number of aromatic nitrogens is 2. The Morgan fingerprint density at radius 1 is 1.07 bits per heavy atom.